The lowest BCUT2D eigenvalue weighted by Crippen LogP contribution is -2.28. The van der Waals surface area contributed by atoms with Gasteiger partial charge in [-0.3, -0.25) is 0 Å². The van der Waals surface area contributed by atoms with Crippen LogP contribution in [-0.2, 0) is 13.0 Å². The second-order valence-electron chi connectivity index (χ2n) is 6.23. The molecule has 134 valence electrons. The van der Waals surface area contributed by atoms with Crippen molar-refractivity contribution in [2.24, 2.45) is 0 Å². The number of ether oxygens (including phenoxy) is 2. The Morgan fingerprint density at radius 2 is 2.00 bits per heavy atom. The minimum absolute atomic E-state index is 0.546. The molecule has 4 rings (SSSR count). The molecule has 26 heavy (non-hydrogen) atoms. The van der Waals surface area contributed by atoms with Crippen LogP contribution in [0.2, 0.25) is 0 Å². The molecule has 2 heterocycles. The summed E-state index contributed by atoms with van der Waals surface area (Å²) < 4.78 is 16.2. The molecule has 3 aromatic rings. The van der Waals surface area contributed by atoms with Gasteiger partial charge in [-0.15, -0.1) is 0 Å². The molecular weight excluding hydrogens is 330 g/mol. The maximum absolute atomic E-state index is 5.50. The van der Waals surface area contributed by atoms with Crippen molar-refractivity contribution < 1.29 is 14.0 Å². The fourth-order valence-corrected chi connectivity index (χ4v) is 3.36. The molecule has 0 spiro atoms. The molecule has 0 saturated carbocycles. The van der Waals surface area contributed by atoms with Crippen molar-refractivity contribution in [2.75, 3.05) is 25.7 Å². The highest BCUT2D eigenvalue weighted by Crippen LogP contribution is 2.32. The summed E-state index contributed by atoms with van der Waals surface area (Å²) in [6, 6.07) is 13.9. The van der Waals surface area contributed by atoms with Crippen LogP contribution in [0.25, 0.3) is 11.4 Å². The molecule has 0 atom stereocenters. The van der Waals surface area contributed by atoms with Gasteiger partial charge in [0.1, 0.15) is 11.5 Å². The summed E-state index contributed by atoms with van der Waals surface area (Å²) in [7, 11) is 3.33. The molecule has 2 aromatic carbocycles. The van der Waals surface area contributed by atoms with Crippen molar-refractivity contribution >= 4 is 5.69 Å². The quantitative estimate of drug-likeness (QED) is 0.698. The molecule has 6 nitrogen and oxygen atoms in total. The van der Waals surface area contributed by atoms with Gasteiger partial charge in [-0.2, -0.15) is 4.98 Å². The lowest BCUT2D eigenvalue weighted by Gasteiger charge is -2.30. The number of fused-ring (bicyclic) bond motifs is 1. The first-order valence-corrected chi connectivity index (χ1v) is 8.66. The molecule has 0 radical (unpaired) electrons. The zero-order valence-corrected chi connectivity index (χ0v) is 14.9. The topological polar surface area (TPSA) is 60.6 Å². The van der Waals surface area contributed by atoms with Crippen molar-refractivity contribution in [1.29, 1.82) is 0 Å². The standard InChI is InChI=1S/C20H21N3O3/c1-24-15-9-10-17-14(12-15)6-5-11-23(17)13-19-21-20(22-26-19)16-7-3-4-8-18(16)25-2/h3-4,7-10,12H,5-6,11,13H2,1-2H3. The number of nitrogens with zero attached hydrogens (tertiary/aromatic N) is 3. The Bertz CT molecular complexity index is 907. The largest absolute Gasteiger partial charge is 0.497 e. The maximum atomic E-state index is 5.50. The van der Waals surface area contributed by atoms with Crippen LogP contribution < -0.4 is 14.4 Å². The highest BCUT2D eigenvalue weighted by atomic mass is 16.5. The summed E-state index contributed by atoms with van der Waals surface area (Å²) in [5.74, 6) is 2.76. The van der Waals surface area contributed by atoms with E-state index in [0.29, 0.717) is 18.3 Å². The van der Waals surface area contributed by atoms with E-state index in [0.717, 1.165) is 36.4 Å². The Hall–Kier alpha value is -3.02. The minimum Gasteiger partial charge on any atom is -0.497 e. The Balaban J connectivity index is 1.57. The Labute approximate surface area is 152 Å². The van der Waals surface area contributed by atoms with Crippen LogP contribution >= 0.6 is 0 Å². The van der Waals surface area contributed by atoms with E-state index in [1.54, 1.807) is 14.2 Å². The predicted octanol–water partition coefficient (Wildman–Crippen LogP) is 3.71. The van der Waals surface area contributed by atoms with Crippen molar-refractivity contribution in [2.45, 2.75) is 19.4 Å². The van der Waals surface area contributed by atoms with Gasteiger partial charge in [-0.1, -0.05) is 17.3 Å². The molecule has 0 bridgehead atoms. The van der Waals surface area contributed by atoms with E-state index in [1.807, 2.05) is 30.3 Å². The monoisotopic (exact) mass is 351 g/mol. The first kappa shape index (κ1) is 16.4. The molecule has 1 aliphatic heterocycles. The van der Waals surface area contributed by atoms with Crippen molar-refractivity contribution in [3.8, 4) is 22.9 Å². The maximum Gasteiger partial charge on any atom is 0.246 e. The molecule has 0 aliphatic carbocycles. The molecule has 0 unspecified atom stereocenters. The summed E-state index contributed by atoms with van der Waals surface area (Å²) in [6.45, 7) is 1.55. The van der Waals surface area contributed by atoms with Gasteiger partial charge >= 0.3 is 0 Å². The number of hydrogen-bond donors (Lipinski definition) is 0. The summed E-state index contributed by atoms with van der Waals surface area (Å²) >= 11 is 0. The van der Waals surface area contributed by atoms with Gasteiger partial charge in [0, 0.05) is 12.2 Å². The second kappa shape index (κ2) is 7.07. The molecule has 1 aromatic heterocycles. The summed E-state index contributed by atoms with van der Waals surface area (Å²) in [5.41, 5.74) is 3.32. The molecule has 6 heteroatoms. The second-order valence-corrected chi connectivity index (χ2v) is 6.23. The molecular formula is C20H21N3O3. The van der Waals surface area contributed by atoms with Crippen LogP contribution in [0.3, 0.4) is 0 Å². The van der Waals surface area contributed by atoms with Crippen molar-refractivity contribution in [3.63, 3.8) is 0 Å². The highest BCUT2D eigenvalue weighted by molar-refractivity contribution is 5.63. The zero-order chi connectivity index (χ0) is 17.9. The summed E-state index contributed by atoms with van der Waals surface area (Å²) in [5, 5.41) is 4.13. The number of aryl methyl sites for hydroxylation is 1. The van der Waals surface area contributed by atoms with Crippen LogP contribution in [0, 0.1) is 0 Å². The minimum atomic E-state index is 0.546. The van der Waals surface area contributed by atoms with E-state index >= 15 is 0 Å². The number of hydrogen-bond acceptors (Lipinski definition) is 6. The normalized spacial score (nSPS) is 13.4. The van der Waals surface area contributed by atoms with E-state index in [4.69, 9.17) is 14.0 Å². The first-order valence-electron chi connectivity index (χ1n) is 8.66. The van der Waals surface area contributed by atoms with Gasteiger partial charge in [-0.05, 0) is 48.7 Å². The highest BCUT2D eigenvalue weighted by Gasteiger charge is 2.21. The Morgan fingerprint density at radius 1 is 1.12 bits per heavy atom. The number of benzene rings is 2. The molecule has 1 aliphatic rings. The Kier molecular flexibility index (Phi) is 4.48. The fraction of sp³-hybridized carbons (Fsp3) is 0.300. The fourth-order valence-electron chi connectivity index (χ4n) is 3.36. The van der Waals surface area contributed by atoms with Crippen LogP contribution in [0.15, 0.2) is 47.0 Å². The smallest absolute Gasteiger partial charge is 0.246 e. The van der Waals surface area contributed by atoms with Crippen LogP contribution in [0.4, 0.5) is 5.69 Å². The lowest BCUT2D eigenvalue weighted by atomic mass is 10.0. The number of methoxy groups -OCH3 is 2. The van der Waals surface area contributed by atoms with E-state index in [9.17, 15) is 0 Å². The van der Waals surface area contributed by atoms with Crippen LogP contribution in [-0.4, -0.2) is 30.9 Å². The van der Waals surface area contributed by atoms with Gasteiger partial charge in [0.25, 0.3) is 0 Å². The average Bonchev–Trinajstić information content (AvgIpc) is 3.16. The zero-order valence-electron chi connectivity index (χ0n) is 14.9. The number of anilines is 1. The third-order valence-corrected chi connectivity index (χ3v) is 4.64. The molecule has 0 amide bonds. The van der Waals surface area contributed by atoms with Gasteiger partial charge in [0.15, 0.2) is 0 Å². The third kappa shape index (κ3) is 3.10. The first-order chi connectivity index (χ1) is 12.8. The predicted molar refractivity (Wildman–Crippen MR) is 98.7 cm³/mol. The average molecular weight is 351 g/mol. The van der Waals surface area contributed by atoms with E-state index in [-0.39, 0.29) is 0 Å². The SMILES string of the molecule is COc1ccc2c(c1)CCCN2Cc1nc(-c2ccccc2OC)no1. The molecule has 0 saturated heterocycles. The lowest BCUT2D eigenvalue weighted by molar-refractivity contribution is 0.374. The van der Waals surface area contributed by atoms with Gasteiger partial charge < -0.3 is 18.9 Å². The van der Waals surface area contributed by atoms with E-state index in [1.165, 1.54) is 11.3 Å². The van der Waals surface area contributed by atoms with E-state index < -0.39 is 0 Å². The van der Waals surface area contributed by atoms with E-state index in [2.05, 4.69) is 27.2 Å². The van der Waals surface area contributed by atoms with Gasteiger partial charge in [0.05, 0.1) is 26.3 Å². The van der Waals surface area contributed by atoms with Crippen molar-refractivity contribution in [1.82, 2.24) is 10.1 Å². The number of para-hydroxylation sites is 1. The summed E-state index contributed by atoms with van der Waals surface area (Å²) in [6.07, 6.45) is 2.15. The number of aromatic nitrogens is 2. The molecule has 0 fully saturated rings. The Morgan fingerprint density at radius 3 is 2.85 bits per heavy atom. The van der Waals surface area contributed by atoms with Gasteiger partial charge in [0.2, 0.25) is 11.7 Å². The molecule has 0 N–H and O–H groups in total. The van der Waals surface area contributed by atoms with Crippen molar-refractivity contribution in [3.05, 3.63) is 53.9 Å². The summed E-state index contributed by atoms with van der Waals surface area (Å²) in [4.78, 5) is 6.84. The van der Waals surface area contributed by atoms with Crippen LogP contribution in [0.1, 0.15) is 17.9 Å². The van der Waals surface area contributed by atoms with Gasteiger partial charge in [-0.25, -0.2) is 0 Å². The van der Waals surface area contributed by atoms with Crippen LogP contribution in [0.5, 0.6) is 11.5 Å². The number of rotatable bonds is 5. The third-order valence-electron chi connectivity index (χ3n) is 4.64.